The van der Waals surface area contributed by atoms with E-state index in [1.54, 1.807) is 12.1 Å². The van der Waals surface area contributed by atoms with Gasteiger partial charge >= 0.3 is 5.97 Å². The number of hydrogen-bond donors (Lipinski definition) is 1. The highest BCUT2D eigenvalue weighted by molar-refractivity contribution is 6.36. The molecule has 1 heterocycles. The molecule has 0 radical (unpaired) electrons. The summed E-state index contributed by atoms with van der Waals surface area (Å²) < 4.78 is 5.20. The van der Waals surface area contributed by atoms with Crippen LogP contribution in [0.1, 0.15) is 28.4 Å². The molecular formula is C17H16Cl2N2O3. The quantitative estimate of drug-likeness (QED) is 0.823. The first kappa shape index (κ1) is 18.2. The highest BCUT2D eigenvalue weighted by Crippen LogP contribution is 2.22. The van der Waals surface area contributed by atoms with Crippen molar-refractivity contribution in [1.29, 1.82) is 0 Å². The number of esters is 1. The maximum atomic E-state index is 12.2. The number of pyridine rings is 1. The molecule has 0 spiro atoms. The number of nitrogens with one attached hydrogen (secondary N) is 1. The number of amides is 1. The number of nitrogens with zero attached hydrogens (tertiary/aromatic N) is 1. The standard InChI is InChI=1S/C17H16Cl2N2O3/c1-9-4-10(2)6-12(5-9)17(23)24-11(3)16(22)21-15-14(19)7-13(18)8-20-15/h4-8,11H,1-3H3,(H,20,21,22). The zero-order chi connectivity index (χ0) is 17.9. The van der Waals surface area contributed by atoms with Crippen molar-refractivity contribution in [2.75, 3.05) is 5.32 Å². The molecule has 0 aliphatic carbocycles. The number of aromatic nitrogens is 1. The molecule has 0 aliphatic heterocycles. The fraction of sp³-hybridized carbons (Fsp3) is 0.235. The zero-order valence-corrected chi connectivity index (χ0v) is 14.9. The second kappa shape index (κ2) is 7.64. The van der Waals surface area contributed by atoms with E-state index in [2.05, 4.69) is 10.3 Å². The summed E-state index contributed by atoms with van der Waals surface area (Å²) in [5, 5.41) is 3.05. The third-order valence-corrected chi connectivity index (χ3v) is 3.65. The predicted molar refractivity (Wildman–Crippen MR) is 93.7 cm³/mol. The van der Waals surface area contributed by atoms with Crippen molar-refractivity contribution in [3.63, 3.8) is 0 Å². The fourth-order valence-electron chi connectivity index (χ4n) is 2.10. The Bertz CT molecular complexity index is 773. The Morgan fingerprint density at radius 1 is 1.12 bits per heavy atom. The van der Waals surface area contributed by atoms with Crippen LogP contribution in [0.15, 0.2) is 30.5 Å². The summed E-state index contributed by atoms with van der Waals surface area (Å²) >= 11 is 11.7. The number of anilines is 1. The molecule has 1 aromatic carbocycles. The Labute approximate surface area is 149 Å². The molecule has 1 N–H and O–H groups in total. The van der Waals surface area contributed by atoms with E-state index in [1.165, 1.54) is 19.2 Å². The SMILES string of the molecule is Cc1cc(C)cc(C(=O)OC(C)C(=O)Nc2ncc(Cl)cc2Cl)c1. The normalized spacial score (nSPS) is 11.7. The van der Waals surface area contributed by atoms with Crippen molar-refractivity contribution in [2.45, 2.75) is 26.9 Å². The van der Waals surface area contributed by atoms with E-state index in [0.717, 1.165) is 11.1 Å². The molecule has 0 saturated carbocycles. The highest BCUT2D eigenvalue weighted by Gasteiger charge is 2.20. The van der Waals surface area contributed by atoms with Crippen molar-refractivity contribution in [1.82, 2.24) is 4.98 Å². The van der Waals surface area contributed by atoms with Gasteiger partial charge in [-0.25, -0.2) is 9.78 Å². The molecule has 1 amide bonds. The van der Waals surface area contributed by atoms with Gasteiger partial charge < -0.3 is 10.1 Å². The summed E-state index contributed by atoms with van der Waals surface area (Å²) in [5.41, 5.74) is 2.28. The van der Waals surface area contributed by atoms with E-state index in [-0.39, 0.29) is 10.8 Å². The van der Waals surface area contributed by atoms with Crippen LogP contribution in [0.25, 0.3) is 0 Å². The second-order valence-electron chi connectivity index (χ2n) is 5.40. The van der Waals surface area contributed by atoms with Gasteiger partial charge in [0.05, 0.1) is 15.6 Å². The Hall–Kier alpha value is -2.11. The lowest BCUT2D eigenvalue weighted by atomic mass is 10.1. The first-order valence-corrected chi connectivity index (χ1v) is 7.93. The number of ether oxygens (including phenoxy) is 1. The summed E-state index contributed by atoms with van der Waals surface area (Å²) in [7, 11) is 0. The minimum atomic E-state index is -1.01. The van der Waals surface area contributed by atoms with Crippen molar-refractivity contribution in [3.8, 4) is 0 Å². The molecule has 0 fully saturated rings. The molecule has 1 aromatic heterocycles. The minimum absolute atomic E-state index is 0.153. The van der Waals surface area contributed by atoms with Crippen molar-refractivity contribution < 1.29 is 14.3 Å². The summed E-state index contributed by atoms with van der Waals surface area (Å²) in [6.45, 7) is 5.24. The van der Waals surface area contributed by atoms with E-state index in [0.29, 0.717) is 10.6 Å². The average molecular weight is 367 g/mol. The van der Waals surface area contributed by atoms with E-state index in [1.807, 2.05) is 19.9 Å². The monoisotopic (exact) mass is 366 g/mol. The maximum Gasteiger partial charge on any atom is 0.338 e. The van der Waals surface area contributed by atoms with Gasteiger partial charge in [0, 0.05) is 6.20 Å². The molecule has 126 valence electrons. The lowest BCUT2D eigenvalue weighted by molar-refractivity contribution is -0.123. The third-order valence-electron chi connectivity index (χ3n) is 3.16. The van der Waals surface area contributed by atoms with E-state index in [9.17, 15) is 9.59 Å². The molecule has 1 atom stereocenters. The topological polar surface area (TPSA) is 68.3 Å². The highest BCUT2D eigenvalue weighted by atomic mass is 35.5. The van der Waals surface area contributed by atoms with Gasteiger partial charge in [-0.1, -0.05) is 40.4 Å². The number of halogens is 2. The van der Waals surface area contributed by atoms with Crippen LogP contribution < -0.4 is 5.32 Å². The van der Waals surface area contributed by atoms with E-state index < -0.39 is 18.0 Å². The number of carbonyl (C=O) groups excluding carboxylic acids is 2. The minimum Gasteiger partial charge on any atom is -0.449 e. The second-order valence-corrected chi connectivity index (χ2v) is 6.24. The fourth-order valence-corrected chi connectivity index (χ4v) is 2.53. The lowest BCUT2D eigenvalue weighted by Gasteiger charge is -2.14. The maximum absolute atomic E-state index is 12.2. The molecule has 0 saturated heterocycles. The van der Waals surface area contributed by atoms with E-state index in [4.69, 9.17) is 27.9 Å². The first-order chi connectivity index (χ1) is 11.3. The van der Waals surface area contributed by atoms with Crippen molar-refractivity contribution >= 4 is 40.9 Å². The first-order valence-electron chi connectivity index (χ1n) is 7.17. The number of hydrogen-bond acceptors (Lipinski definition) is 4. The van der Waals surface area contributed by atoms with Gasteiger partial charge in [-0.05, 0) is 39.0 Å². The van der Waals surface area contributed by atoms with E-state index >= 15 is 0 Å². The van der Waals surface area contributed by atoms with Crippen LogP contribution in [-0.4, -0.2) is 23.0 Å². The van der Waals surface area contributed by atoms with Gasteiger partial charge in [0.2, 0.25) is 0 Å². The molecule has 24 heavy (non-hydrogen) atoms. The number of aryl methyl sites for hydroxylation is 2. The Morgan fingerprint density at radius 3 is 2.33 bits per heavy atom. The Kier molecular flexibility index (Phi) is 5.80. The van der Waals surface area contributed by atoms with Crippen LogP contribution in [0.5, 0.6) is 0 Å². The summed E-state index contributed by atoms with van der Waals surface area (Å²) in [4.78, 5) is 28.2. The van der Waals surface area contributed by atoms with Gasteiger partial charge in [-0.2, -0.15) is 0 Å². The molecule has 2 rings (SSSR count). The molecule has 7 heteroatoms. The van der Waals surface area contributed by atoms with Gasteiger partial charge in [-0.15, -0.1) is 0 Å². The molecule has 0 bridgehead atoms. The van der Waals surface area contributed by atoms with Gasteiger partial charge in [0.25, 0.3) is 5.91 Å². The molecule has 1 unspecified atom stereocenters. The lowest BCUT2D eigenvalue weighted by Crippen LogP contribution is -2.30. The molecule has 5 nitrogen and oxygen atoms in total. The van der Waals surface area contributed by atoms with Crippen molar-refractivity contribution in [2.24, 2.45) is 0 Å². The van der Waals surface area contributed by atoms with Crippen LogP contribution in [0.3, 0.4) is 0 Å². The van der Waals surface area contributed by atoms with Gasteiger partial charge in [0.15, 0.2) is 11.9 Å². The summed E-state index contributed by atoms with van der Waals surface area (Å²) in [6.07, 6.45) is 0.349. The van der Waals surface area contributed by atoms with Crippen LogP contribution >= 0.6 is 23.2 Å². The van der Waals surface area contributed by atoms with Crippen LogP contribution in [-0.2, 0) is 9.53 Å². The summed E-state index contributed by atoms with van der Waals surface area (Å²) in [5.74, 6) is -0.954. The van der Waals surface area contributed by atoms with Gasteiger partial charge in [0.1, 0.15) is 0 Å². The smallest absolute Gasteiger partial charge is 0.338 e. The average Bonchev–Trinajstić information content (AvgIpc) is 2.48. The van der Waals surface area contributed by atoms with Crippen LogP contribution in [0, 0.1) is 13.8 Å². The molecular weight excluding hydrogens is 351 g/mol. The zero-order valence-electron chi connectivity index (χ0n) is 13.4. The number of carbonyl (C=O) groups is 2. The number of benzene rings is 1. The van der Waals surface area contributed by atoms with Crippen molar-refractivity contribution in [3.05, 3.63) is 57.2 Å². The summed E-state index contributed by atoms with van der Waals surface area (Å²) in [6, 6.07) is 6.81. The Balaban J connectivity index is 2.04. The predicted octanol–water partition coefficient (Wildman–Crippen LogP) is 4.19. The largest absolute Gasteiger partial charge is 0.449 e. The van der Waals surface area contributed by atoms with Gasteiger partial charge in [-0.3, -0.25) is 4.79 Å². The third kappa shape index (κ3) is 4.69. The number of rotatable bonds is 4. The molecule has 0 aliphatic rings. The Morgan fingerprint density at radius 2 is 1.75 bits per heavy atom. The van der Waals surface area contributed by atoms with Crippen LogP contribution in [0.2, 0.25) is 10.0 Å². The van der Waals surface area contributed by atoms with Crippen LogP contribution in [0.4, 0.5) is 5.82 Å². The molecule has 2 aromatic rings.